The average molecular weight is 233 g/mol. The van der Waals surface area contributed by atoms with E-state index in [1.807, 2.05) is 45.0 Å². The minimum Gasteiger partial charge on any atom is -0.488 e. The molecule has 1 heterocycles. The summed E-state index contributed by atoms with van der Waals surface area (Å²) >= 11 is 0. The normalized spacial score (nSPS) is 11.5. The minimum atomic E-state index is -0.212. The average Bonchev–Trinajstić information content (AvgIpc) is 2.63. The summed E-state index contributed by atoms with van der Waals surface area (Å²) in [4.78, 5) is 0. The molecule has 1 aromatic carbocycles. The predicted octanol–water partition coefficient (Wildman–Crippen LogP) is 2.50. The van der Waals surface area contributed by atoms with Crippen LogP contribution in [0.2, 0.25) is 0 Å². The zero-order valence-corrected chi connectivity index (χ0v) is 10.1. The molecule has 0 atom stereocenters. The van der Waals surface area contributed by atoms with Crippen molar-refractivity contribution < 1.29 is 9.15 Å². The van der Waals surface area contributed by atoms with Gasteiger partial charge >= 0.3 is 6.01 Å². The Balaban J connectivity index is 2.19. The van der Waals surface area contributed by atoms with E-state index in [0.29, 0.717) is 5.89 Å². The van der Waals surface area contributed by atoms with Gasteiger partial charge in [0.2, 0.25) is 5.89 Å². The van der Waals surface area contributed by atoms with Gasteiger partial charge in [-0.2, -0.15) is 0 Å². The number of aromatic nitrogens is 2. The van der Waals surface area contributed by atoms with Gasteiger partial charge in [0.15, 0.2) is 0 Å². The van der Waals surface area contributed by atoms with Crippen molar-refractivity contribution in [2.45, 2.75) is 26.4 Å². The second-order valence-corrected chi connectivity index (χ2v) is 4.68. The number of nitrogens with two attached hydrogens (primary N) is 1. The molecule has 90 valence electrons. The van der Waals surface area contributed by atoms with E-state index in [0.717, 1.165) is 11.3 Å². The molecule has 0 aliphatic heterocycles. The molecule has 0 aliphatic carbocycles. The Morgan fingerprint density at radius 3 is 2.24 bits per heavy atom. The molecule has 0 spiro atoms. The van der Waals surface area contributed by atoms with E-state index < -0.39 is 0 Å². The lowest BCUT2D eigenvalue weighted by atomic mass is 10.1. The highest BCUT2D eigenvalue weighted by atomic mass is 16.5. The van der Waals surface area contributed by atoms with E-state index in [2.05, 4.69) is 10.2 Å². The van der Waals surface area contributed by atoms with E-state index >= 15 is 0 Å². The van der Waals surface area contributed by atoms with Crippen molar-refractivity contribution >= 4 is 6.01 Å². The molecule has 0 unspecified atom stereocenters. The highest BCUT2D eigenvalue weighted by Crippen LogP contribution is 2.23. The monoisotopic (exact) mass is 233 g/mol. The van der Waals surface area contributed by atoms with Gasteiger partial charge in [0.05, 0.1) is 0 Å². The Labute approximate surface area is 99.6 Å². The molecular formula is C12H15N3O2. The largest absolute Gasteiger partial charge is 0.488 e. The van der Waals surface area contributed by atoms with Crippen LogP contribution in [0.5, 0.6) is 5.75 Å². The summed E-state index contributed by atoms with van der Waals surface area (Å²) in [5.41, 5.74) is 5.97. The first-order valence-electron chi connectivity index (χ1n) is 5.32. The first-order chi connectivity index (χ1) is 7.94. The van der Waals surface area contributed by atoms with E-state index in [1.165, 1.54) is 0 Å². The van der Waals surface area contributed by atoms with Gasteiger partial charge in [-0.15, -0.1) is 5.10 Å². The van der Waals surface area contributed by atoms with Crippen molar-refractivity contribution in [2.24, 2.45) is 0 Å². The summed E-state index contributed by atoms with van der Waals surface area (Å²) in [5.74, 6) is 1.21. The van der Waals surface area contributed by atoms with Crippen molar-refractivity contribution in [1.29, 1.82) is 0 Å². The maximum atomic E-state index is 5.71. The van der Waals surface area contributed by atoms with Crippen LogP contribution in [-0.2, 0) is 0 Å². The Bertz CT molecular complexity index is 497. The third-order valence-electron chi connectivity index (χ3n) is 1.97. The molecule has 0 bridgehead atoms. The van der Waals surface area contributed by atoms with Crippen LogP contribution in [0.25, 0.3) is 11.5 Å². The van der Waals surface area contributed by atoms with E-state index in [9.17, 15) is 0 Å². The van der Waals surface area contributed by atoms with E-state index in [-0.39, 0.29) is 11.6 Å². The molecule has 5 heteroatoms. The Morgan fingerprint density at radius 2 is 1.76 bits per heavy atom. The Hall–Kier alpha value is -2.04. The summed E-state index contributed by atoms with van der Waals surface area (Å²) in [5, 5.41) is 7.41. The zero-order chi connectivity index (χ0) is 12.5. The summed E-state index contributed by atoms with van der Waals surface area (Å²) in [6.07, 6.45) is 0. The second-order valence-electron chi connectivity index (χ2n) is 4.68. The number of nitrogen functional groups attached to an aromatic ring is 1. The second kappa shape index (κ2) is 4.08. The van der Waals surface area contributed by atoms with Gasteiger partial charge in [-0.1, -0.05) is 5.10 Å². The quantitative estimate of drug-likeness (QED) is 0.862. The molecule has 17 heavy (non-hydrogen) atoms. The number of hydrogen-bond donors (Lipinski definition) is 1. The number of benzene rings is 1. The smallest absolute Gasteiger partial charge is 0.313 e. The van der Waals surface area contributed by atoms with E-state index in [4.69, 9.17) is 14.9 Å². The highest BCUT2D eigenvalue weighted by Gasteiger charge is 2.12. The van der Waals surface area contributed by atoms with Crippen LogP contribution in [0.15, 0.2) is 28.7 Å². The maximum Gasteiger partial charge on any atom is 0.313 e. The maximum absolute atomic E-state index is 5.71. The summed E-state index contributed by atoms with van der Waals surface area (Å²) in [6, 6.07) is 7.50. The standard InChI is InChI=1S/C12H15N3O2/c1-12(2,3)17-9-6-4-8(5-7-9)10-14-15-11(13)16-10/h4-7H,1-3H3,(H2,13,15). The number of ether oxygens (including phenoxy) is 1. The minimum absolute atomic E-state index is 0.0648. The number of hydrogen-bond acceptors (Lipinski definition) is 5. The Morgan fingerprint density at radius 1 is 1.12 bits per heavy atom. The SMILES string of the molecule is CC(C)(C)Oc1ccc(-c2nnc(N)o2)cc1. The van der Waals surface area contributed by atoms with Gasteiger partial charge in [0.25, 0.3) is 0 Å². The van der Waals surface area contributed by atoms with E-state index in [1.54, 1.807) is 0 Å². The molecule has 0 saturated heterocycles. The molecule has 0 amide bonds. The summed E-state index contributed by atoms with van der Waals surface area (Å²) < 4.78 is 10.8. The van der Waals surface area contributed by atoms with Crippen molar-refractivity contribution in [3.05, 3.63) is 24.3 Å². The lowest BCUT2D eigenvalue weighted by Crippen LogP contribution is -2.22. The molecule has 0 saturated carbocycles. The number of anilines is 1. The molecule has 5 nitrogen and oxygen atoms in total. The van der Waals surface area contributed by atoms with Crippen molar-refractivity contribution in [3.8, 4) is 17.2 Å². The first kappa shape index (κ1) is 11.4. The van der Waals surface area contributed by atoms with Crippen LogP contribution in [0.4, 0.5) is 6.01 Å². The zero-order valence-electron chi connectivity index (χ0n) is 10.1. The van der Waals surface area contributed by atoms with Gasteiger partial charge in [-0.3, -0.25) is 0 Å². The molecule has 2 rings (SSSR count). The van der Waals surface area contributed by atoms with Crippen molar-refractivity contribution in [1.82, 2.24) is 10.2 Å². The molecule has 0 radical (unpaired) electrons. The third-order valence-corrected chi connectivity index (χ3v) is 1.97. The third kappa shape index (κ3) is 2.96. The van der Waals surface area contributed by atoms with Gasteiger partial charge in [-0.05, 0) is 45.0 Å². The summed E-state index contributed by atoms with van der Waals surface area (Å²) in [7, 11) is 0. The predicted molar refractivity (Wildman–Crippen MR) is 64.5 cm³/mol. The lowest BCUT2D eigenvalue weighted by Gasteiger charge is -2.21. The van der Waals surface area contributed by atoms with Crippen LogP contribution >= 0.6 is 0 Å². The first-order valence-corrected chi connectivity index (χ1v) is 5.32. The molecular weight excluding hydrogens is 218 g/mol. The molecule has 0 fully saturated rings. The lowest BCUT2D eigenvalue weighted by molar-refractivity contribution is 0.131. The fourth-order valence-corrected chi connectivity index (χ4v) is 1.37. The van der Waals surface area contributed by atoms with Gasteiger partial charge in [-0.25, -0.2) is 0 Å². The van der Waals surface area contributed by atoms with Gasteiger partial charge in [0, 0.05) is 5.56 Å². The number of rotatable bonds is 2. The van der Waals surface area contributed by atoms with Gasteiger partial charge in [0.1, 0.15) is 11.4 Å². The van der Waals surface area contributed by atoms with Crippen LogP contribution in [0.1, 0.15) is 20.8 Å². The number of nitrogens with zero attached hydrogens (tertiary/aromatic N) is 2. The Kier molecular flexibility index (Phi) is 2.75. The molecule has 1 aromatic heterocycles. The van der Waals surface area contributed by atoms with Crippen molar-refractivity contribution in [3.63, 3.8) is 0 Å². The van der Waals surface area contributed by atoms with Gasteiger partial charge < -0.3 is 14.9 Å². The molecule has 0 aliphatic rings. The van der Waals surface area contributed by atoms with Crippen LogP contribution < -0.4 is 10.5 Å². The fraction of sp³-hybridized carbons (Fsp3) is 0.333. The van der Waals surface area contributed by atoms with Crippen molar-refractivity contribution in [2.75, 3.05) is 5.73 Å². The van der Waals surface area contributed by atoms with Crippen LogP contribution in [-0.4, -0.2) is 15.8 Å². The summed E-state index contributed by atoms with van der Waals surface area (Å²) in [6.45, 7) is 6.00. The van der Waals surface area contributed by atoms with Crippen LogP contribution in [0, 0.1) is 0 Å². The molecule has 2 N–H and O–H groups in total. The van der Waals surface area contributed by atoms with Crippen LogP contribution in [0.3, 0.4) is 0 Å². The topological polar surface area (TPSA) is 74.2 Å². The highest BCUT2D eigenvalue weighted by molar-refractivity contribution is 5.54. The fourth-order valence-electron chi connectivity index (χ4n) is 1.37. The molecule has 2 aromatic rings.